The highest BCUT2D eigenvalue weighted by Gasteiger charge is 2.49. The third kappa shape index (κ3) is 2.67. The maximum atomic E-state index is 12.7. The maximum Gasteiger partial charge on any atom is 0.308 e. The van der Waals surface area contributed by atoms with Crippen molar-refractivity contribution in [3.05, 3.63) is 35.4 Å². The van der Waals surface area contributed by atoms with E-state index in [1.807, 2.05) is 13.8 Å². The number of allylic oxidation sites excluding steroid dienone is 2. The molecular formula is C18H19NO4. The molecule has 2 aliphatic rings. The molecule has 1 fully saturated rings. The largest absolute Gasteiger partial charge is 0.427 e. The number of rotatable bonds is 2. The standard InChI is InChI=1S/C18H19NO4/c1-10-7-15-16(8-11(10)2)18(22)19(17(15)21)13-5-4-6-14(9-13)23-12(3)20/h4-6,9,15-16H,7-8H2,1-3H3. The van der Waals surface area contributed by atoms with Crippen molar-refractivity contribution >= 4 is 23.5 Å². The Morgan fingerprint density at radius 3 is 2.17 bits per heavy atom. The lowest BCUT2D eigenvalue weighted by atomic mass is 9.78. The van der Waals surface area contributed by atoms with Crippen LogP contribution in [0.25, 0.3) is 0 Å². The van der Waals surface area contributed by atoms with Crippen molar-refractivity contribution in [1.29, 1.82) is 0 Å². The van der Waals surface area contributed by atoms with Gasteiger partial charge in [-0.15, -0.1) is 0 Å². The summed E-state index contributed by atoms with van der Waals surface area (Å²) in [5.74, 6) is -0.980. The molecule has 0 saturated carbocycles. The lowest BCUT2D eigenvalue weighted by molar-refractivity contribution is -0.132. The fourth-order valence-electron chi connectivity index (χ4n) is 3.36. The second-order valence-corrected chi connectivity index (χ2v) is 6.28. The van der Waals surface area contributed by atoms with Crippen LogP contribution in [-0.4, -0.2) is 17.8 Å². The molecule has 2 unspecified atom stereocenters. The third-order valence-electron chi connectivity index (χ3n) is 4.68. The lowest BCUT2D eigenvalue weighted by Crippen LogP contribution is -2.30. The van der Waals surface area contributed by atoms with E-state index in [1.54, 1.807) is 24.3 Å². The molecule has 1 aliphatic carbocycles. The van der Waals surface area contributed by atoms with E-state index in [4.69, 9.17) is 4.74 Å². The summed E-state index contributed by atoms with van der Waals surface area (Å²) in [6.07, 6.45) is 1.28. The first-order chi connectivity index (χ1) is 10.9. The van der Waals surface area contributed by atoms with Crippen LogP contribution < -0.4 is 9.64 Å². The van der Waals surface area contributed by atoms with Crippen molar-refractivity contribution < 1.29 is 19.1 Å². The molecule has 1 aromatic carbocycles. The minimum atomic E-state index is -0.439. The molecule has 0 radical (unpaired) electrons. The molecule has 2 amide bonds. The Morgan fingerprint density at radius 1 is 1.09 bits per heavy atom. The Morgan fingerprint density at radius 2 is 1.65 bits per heavy atom. The van der Waals surface area contributed by atoms with Crippen molar-refractivity contribution in [3.8, 4) is 5.75 Å². The molecular weight excluding hydrogens is 294 g/mol. The highest BCUT2D eigenvalue weighted by atomic mass is 16.5. The SMILES string of the molecule is CC(=O)Oc1cccc(N2C(=O)C3CC(C)=C(C)CC3C2=O)c1. The van der Waals surface area contributed by atoms with Gasteiger partial charge in [-0.25, -0.2) is 4.90 Å². The highest BCUT2D eigenvalue weighted by molar-refractivity contribution is 6.22. The van der Waals surface area contributed by atoms with Gasteiger partial charge in [0.2, 0.25) is 11.8 Å². The number of ether oxygens (including phenoxy) is 1. The Balaban J connectivity index is 1.92. The van der Waals surface area contributed by atoms with Gasteiger partial charge in [0.25, 0.3) is 0 Å². The van der Waals surface area contributed by atoms with Crippen molar-refractivity contribution in [1.82, 2.24) is 0 Å². The van der Waals surface area contributed by atoms with Crippen LogP contribution >= 0.6 is 0 Å². The molecule has 1 aromatic rings. The molecule has 1 aliphatic heterocycles. The van der Waals surface area contributed by atoms with Crippen molar-refractivity contribution in [2.75, 3.05) is 4.90 Å². The van der Waals surface area contributed by atoms with Crippen LogP contribution in [0.15, 0.2) is 35.4 Å². The minimum Gasteiger partial charge on any atom is -0.427 e. The maximum absolute atomic E-state index is 12.7. The third-order valence-corrected chi connectivity index (χ3v) is 4.68. The molecule has 2 atom stereocenters. The molecule has 0 bridgehead atoms. The number of benzene rings is 1. The molecule has 3 rings (SSSR count). The number of imide groups is 1. The molecule has 120 valence electrons. The number of fused-ring (bicyclic) bond motifs is 1. The van der Waals surface area contributed by atoms with E-state index < -0.39 is 5.97 Å². The topological polar surface area (TPSA) is 63.7 Å². The van der Waals surface area contributed by atoms with Crippen LogP contribution in [0.5, 0.6) is 5.75 Å². The fraction of sp³-hybridized carbons (Fsp3) is 0.389. The lowest BCUT2D eigenvalue weighted by Gasteiger charge is -2.23. The molecule has 1 heterocycles. The number of amides is 2. The van der Waals surface area contributed by atoms with Gasteiger partial charge in [0.1, 0.15) is 5.75 Å². The van der Waals surface area contributed by atoms with Crippen LogP contribution in [0.2, 0.25) is 0 Å². The van der Waals surface area contributed by atoms with E-state index in [0.717, 1.165) is 0 Å². The molecule has 0 spiro atoms. The van der Waals surface area contributed by atoms with Gasteiger partial charge in [-0.05, 0) is 38.8 Å². The Labute approximate surface area is 134 Å². The van der Waals surface area contributed by atoms with E-state index >= 15 is 0 Å². The van der Waals surface area contributed by atoms with Gasteiger partial charge in [0, 0.05) is 13.0 Å². The summed E-state index contributed by atoms with van der Waals surface area (Å²) in [6, 6.07) is 6.54. The van der Waals surface area contributed by atoms with Gasteiger partial charge < -0.3 is 4.74 Å². The quantitative estimate of drug-likeness (QED) is 0.364. The van der Waals surface area contributed by atoms with Gasteiger partial charge in [0.15, 0.2) is 0 Å². The second-order valence-electron chi connectivity index (χ2n) is 6.28. The van der Waals surface area contributed by atoms with Gasteiger partial charge in [0.05, 0.1) is 17.5 Å². The second kappa shape index (κ2) is 5.65. The minimum absolute atomic E-state index is 0.160. The van der Waals surface area contributed by atoms with E-state index in [0.29, 0.717) is 24.3 Å². The van der Waals surface area contributed by atoms with Gasteiger partial charge in [-0.2, -0.15) is 0 Å². The van der Waals surface area contributed by atoms with Crippen LogP contribution in [0, 0.1) is 11.8 Å². The zero-order valence-corrected chi connectivity index (χ0v) is 13.5. The Bertz CT molecular complexity index is 702. The molecule has 5 heteroatoms. The summed E-state index contributed by atoms with van der Waals surface area (Å²) in [6.45, 7) is 5.35. The van der Waals surface area contributed by atoms with Crippen molar-refractivity contribution in [2.45, 2.75) is 33.6 Å². The summed E-state index contributed by atoms with van der Waals surface area (Å²) in [4.78, 5) is 37.7. The Hall–Kier alpha value is -2.43. The zero-order chi connectivity index (χ0) is 16.7. The summed E-state index contributed by atoms with van der Waals surface area (Å²) in [5.41, 5.74) is 2.86. The molecule has 5 nitrogen and oxygen atoms in total. The first-order valence-electron chi connectivity index (χ1n) is 7.70. The van der Waals surface area contributed by atoms with Gasteiger partial charge in [-0.3, -0.25) is 14.4 Å². The number of carbonyl (C=O) groups is 3. The predicted molar refractivity (Wildman–Crippen MR) is 84.8 cm³/mol. The summed E-state index contributed by atoms with van der Waals surface area (Å²) in [7, 11) is 0. The van der Waals surface area contributed by atoms with Crippen LogP contribution in [-0.2, 0) is 14.4 Å². The van der Waals surface area contributed by atoms with E-state index in [2.05, 4.69) is 0 Å². The number of esters is 1. The van der Waals surface area contributed by atoms with E-state index in [1.165, 1.54) is 23.0 Å². The zero-order valence-electron chi connectivity index (χ0n) is 13.5. The summed E-state index contributed by atoms with van der Waals surface area (Å²) in [5, 5.41) is 0. The summed E-state index contributed by atoms with van der Waals surface area (Å²) >= 11 is 0. The molecule has 1 saturated heterocycles. The van der Waals surface area contributed by atoms with Crippen LogP contribution in [0.4, 0.5) is 5.69 Å². The average Bonchev–Trinajstić information content (AvgIpc) is 2.71. The average molecular weight is 313 g/mol. The van der Waals surface area contributed by atoms with Gasteiger partial charge in [-0.1, -0.05) is 17.2 Å². The van der Waals surface area contributed by atoms with Crippen LogP contribution in [0.1, 0.15) is 33.6 Å². The summed E-state index contributed by atoms with van der Waals surface area (Å²) < 4.78 is 5.04. The molecule has 0 aromatic heterocycles. The van der Waals surface area contributed by atoms with Crippen molar-refractivity contribution in [3.63, 3.8) is 0 Å². The van der Waals surface area contributed by atoms with Crippen LogP contribution in [0.3, 0.4) is 0 Å². The first-order valence-corrected chi connectivity index (χ1v) is 7.70. The predicted octanol–water partition coefficient (Wildman–Crippen LogP) is 2.85. The van der Waals surface area contributed by atoms with Gasteiger partial charge >= 0.3 is 5.97 Å². The Kier molecular flexibility index (Phi) is 3.80. The number of anilines is 1. The van der Waals surface area contributed by atoms with E-state index in [-0.39, 0.29) is 23.7 Å². The highest BCUT2D eigenvalue weighted by Crippen LogP contribution is 2.42. The number of carbonyl (C=O) groups excluding carboxylic acids is 3. The fourth-order valence-corrected chi connectivity index (χ4v) is 3.36. The van der Waals surface area contributed by atoms with E-state index in [9.17, 15) is 14.4 Å². The van der Waals surface area contributed by atoms with Crippen molar-refractivity contribution in [2.24, 2.45) is 11.8 Å². The number of nitrogens with zero attached hydrogens (tertiary/aromatic N) is 1. The first kappa shape index (κ1) is 15.5. The monoisotopic (exact) mass is 313 g/mol. The smallest absolute Gasteiger partial charge is 0.308 e. The normalized spacial score (nSPS) is 24.0. The molecule has 0 N–H and O–H groups in total. The molecule has 23 heavy (non-hydrogen) atoms. The number of hydrogen-bond donors (Lipinski definition) is 0. The number of hydrogen-bond acceptors (Lipinski definition) is 4.